The molecule has 0 aliphatic carbocycles. The number of allylic oxidation sites excluding steroid dienone is 2. The monoisotopic (exact) mass is 88.0 g/mol. The third-order valence-electron chi connectivity index (χ3n) is 0.372. The highest BCUT2D eigenvalue weighted by molar-refractivity contribution is 7.16. The summed E-state index contributed by atoms with van der Waals surface area (Å²) in [7, 11) is 2.61. The van der Waals surface area contributed by atoms with Crippen molar-refractivity contribution in [3.63, 3.8) is 0 Å². The molecule has 0 rings (SSSR count). The average molecular weight is 88.1 g/mol. The molecule has 0 aromatic rings. The molecule has 0 aliphatic heterocycles. The number of hydrogen-bond donors (Lipinski definition) is 0. The summed E-state index contributed by atoms with van der Waals surface area (Å²) in [4.78, 5) is 0. The van der Waals surface area contributed by atoms with Gasteiger partial charge in [0.05, 0.1) is 0 Å². The molecule has 0 N–H and O–H groups in total. The molecule has 5 heavy (non-hydrogen) atoms. The number of rotatable bonds is 1. The highest BCUT2D eigenvalue weighted by atomic mass is 31.0. The van der Waals surface area contributed by atoms with E-state index in [-0.39, 0.29) is 0 Å². The predicted octanol–water partition coefficient (Wildman–Crippen LogP) is 1.44. The zero-order valence-corrected chi connectivity index (χ0v) is 4.59. The van der Waals surface area contributed by atoms with Crippen LogP contribution in [0.3, 0.4) is 0 Å². The van der Waals surface area contributed by atoms with Crippen LogP contribution in [0.15, 0.2) is 12.2 Å². The lowest BCUT2D eigenvalue weighted by molar-refractivity contribution is 1.66. The Morgan fingerprint density at radius 2 is 2.40 bits per heavy atom. The van der Waals surface area contributed by atoms with Crippen molar-refractivity contribution in [1.29, 1.82) is 0 Å². The Morgan fingerprint density at radius 1 is 1.80 bits per heavy atom. The van der Waals surface area contributed by atoms with Crippen LogP contribution in [0, 0.1) is 0 Å². The van der Waals surface area contributed by atoms with Crippen LogP contribution < -0.4 is 0 Å². The van der Waals surface area contributed by atoms with E-state index in [0.717, 1.165) is 6.16 Å². The normalized spacial score (nSPS) is 10.0. The summed E-state index contributed by atoms with van der Waals surface area (Å²) in [6.07, 6.45) is 5.20. The van der Waals surface area contributed by atoms with E-state index in [1.54, 1.807) is 0 Å². The van der Waals surface area contributed by atoms with Crippen LogP contribution in [0.5, 0.6) is 0 Å². The van der Waals surface area contributed by atoms with E-state index in [4.69, 9.17) is 0 Å². The number of hydrogen-bond acceptors (Lipinski definition) is 0. The van der Waals surface area contributed by atoms with Crippen molar-refractivity contribution in [3.05, 3.63) is 12.2 Å². The maximum atomic E-state index is 2.61. The van der Waals surface area contributed by atoms with E-state index >= 15 is 0 Å². The van der Waals surface area contributed by atoms with E-state index in [1.165, 1.54) is 0 Å². The van der Waals surface area contributed by atoms with Gasteiger partial charge in [0, 0.05) is 0 Å². The molecule has 1 atom stereocenters. The smallest absolute Gasteiger partial charge is 0.0200 e. The van der Waals surface area contributed by atoms with Gasteiger partial charge in [-0.3, -0.25) is 0 Å². The third-order valence-corrected chi connectivity index (χ3v) is 0.644. The summed E-state index contributed by atoms with van der Waals surface area (Å²) in [6.45, 7) is 2.02. The minimum absolute atomic E-state index is 1.08. The highest BCUT2D eigenvalue weighted by Gasteiger charge is 1.52. The fourth-order valence-electron chi connectivity index (χ4n) is 0.136. The molecule has 0 heterocycles. The third kappa shape index (κ3) is 4.17. The highest BCUT2D eigenvalue weighted by Crippen LogP contribution is 1.78. The Morgan fingerprint density at radius 3 is 2.40 bits per heavy atom. The molecule has 1 heteroatoms. The van der Waals surface area contributed by atoms with E-state index in [1.807, 2.05) is 13.0 Å². The molecule has 0 aliphatic rings. The topological polar surface area (TPSA) is 0 Å². The maximum absolute atomic E-state index is 2.61. The molecule has 0 saturated carbocycles. The van der Waals surface area contributed by atoms with Gasteiger partial charge in [-0.2, -0.15) is 0 Å². The molecule has 0 aromatic carbocycles. The van der Waals surface area contributed by atoms with Crippen molar-refractivity contribution in [1.82, 2.24) is 0 Å². The molecular weight excluding hydrogens is 79.0 g/mol. The van der Waals surface area contributed by atoms with Crippen LogP contribution in [0.1, 0.15) is 6.92 Å². The van der Waals surface area contributed by atoms with Gasteiger partial charge in [0.2, 0.25) is 0 Å². The zero-order chi connectivity index (χ0) is 4.12. The van der Waals surface area contributed by atoms with Gasteiger partial charge in [-0.25, -0.2) is 0 Å². The van der Waals surface area contributed by atoms with Crippen molar-refractivity contribution in [2.24, 2.45) is 0 Å². The van der Waals surface area contributed by atoms with Gasteiger partial charge >= 0.3 is 0 Å². The summed E-state index contributed by atoms with van der Waals surface area (Å²) >= 11 is 0. The Labute approximate surface area is 35.5 Å². The minimum Gasteiger partial charge on any atom is -0.134 e. The van der Waals surface area contributed by atoms with E-state index in [0.29, 0.717) is 0 Å². The van der Waals surface area contributed by atoms with E-state index in [9.17, 15) is 0 Å². The van der Waals surface area contributed by atoms with Gasteiger partial charge in [0.1, 0.15) is 0 Å². The van der Waals surface area contributed by atoms with E-state index < -0.39 is 0 Å². The molecule has 0 amide bonds. The van der Waals surface area contributed by atoms with Crippen molar-refractivity contribution in [2.45, 2.75) is 6.92 Å². The van der Waals surface area contributed by atoms with Crippen molar-refractivity contribution >= 4 is 9.24 Å². The van der Waals surface area contributed by atoms with Crippen LogP contribution in [0.4, 0.5) is 0 Å². The van der Waals surface area contributed by atoms with Crippen molar-refractivity contribution < 1.29 is 0 Å². The van der Waals surface area contributed by atoms with Gasteiger partial charge in [-0.1, -0.05) is 12.2 Å². The first kappa shape index (κ1) is 5.17. The first-order chi connectivity index (χ1) is 2.41. The summed E-state index contributed by atoms with van der Waals surface area (Å²) in [6, 6.07) is 0. The van der Waals surface area contributed by atoms with Gasteiger partial charge in [0.15, 0.2) is 0 Å². The molecule has 0 aromatic heterocycles. The summed E-state index contributed by atoms with van der Waals surface area (Å²) in [5.74, 6) is 0. The molecule has 0 saturated heterocycles. The molecule has 0 radical (unpaired) electrons. The minimum atomic E-state index is 1.08. The fourth-order valence-corrected chi connectivity index (χ4v) is 0.408. The summed E-state index contributed by atoms with van der Waals surface area (Å²) < 4.78 is 0. The van der Waals surface area contributed by atoms with E-state index in [2.05, 4.69) is 15.3 Å². The van der Waals surface area contributed by atoms with Crippen LogP contribution in [0.25, 0.3) is 0 Å². The van der Waals surface area contributed by atoms with Gasteiger partial charge < -0.3 is 0 Å². The van der Waals surface area contributed by atoms with Crippen LogP contribution in [0.2, 0.25) is 0 Å². The van der Waals surface area contributed by atoms with Crippen LogP contribution in [-0.2, 0) is 0 Å². The van der Waals surface area contributed by atoms with Gasteiger partial charge in [-0.15, -0.1) is 9.24 Å². The lowest BCUT2D eigenvalue weighted by Crippen LogP contribution is -1.49. The molecular formula is C4H9P. The van der Waals surface area contributed by atoms with Crippen LogP contribution >= 0.6 is 9.24 Å². The lowest BCUT2D eigenvalue weighted by atomic mass is 10.6. The fraction of sp³-hybridized carbons (Fsp3) is 0.500. The summed E-state index contributed by atoms with van der Waals surface area (Å²) in [5, 5.41) is 0. The Kier molecular flexibility index (Phi) is 4.31. The first-order valence-corrected chi connectivity index (χ1v) is 2.54. The molecule has 0 bridgehead atoms. The Bertz CT molecular complexity index is 30.6. The quantitative estimate of drug-likeness (QED) is 0.336. The van der Waals surface area contributed by atoms with Crippen molar-refractivity contribution in [3.8, 4) is 0 Å². The first-order valence-electron chi connectivity index (χ1n) is 1.73. The molecule has 0 fully saturated rings. The molecule has 0 nitrogen and oxygen atoms in total. The molecule has 0 spiro atoms. The maximum Gasteiger partial charge on any atom is -0.0200 e. The second-order valence-electron chi connectivity index (χ2n) is 0.805. The van der Waals surface area contributed by atoms with Gasteiger partial charge in [-0.05, 0) is 13.1 Å². The standard InChI is InChI=1S/C4H9P/c1-2-3-4-5/h2-3H,4-5H2,1H3/b3-2+. The van der Waals surface area contributed by atoms with Crippen molar-refractivity contribution in [2.75, 3.05) is 6.16 Å². The largest absolute Gasteiger partial charge is 0.134 e. The van der Waals surface area contributed by atoms with Gasteiger partial charge in [0.25, 0.3) is 0 Å². The second kappa shape index (κ2) is 4.17. The predicted molar refractivity (Wildman–Crippen MR) is 29.4 cm³/mol. The molecule has 30 valence electrons. The zero-order valence-electron chi connectivity index (χ0n) is 3.44. The van der Waals surface area contributed by atoms with Crippen LogP contribution in [-0.4, -0.2) is 6.16 Å². The Balaban J connectivity index is 2.62. The lowest BCUT2D eigenvalue weighted by Gasteiger charge is -1.65. The average Bonchev–Trinajstić information content (AvgIpc) is 1.41. The SMILES string of the molecule is C/C=C/CP. The summed E-state index contributed by atoms with van der Waals surface area (Å²) in [5.41, 5.74) is 0. The second-order valence-corrected chi connectivity index (χ2v) is 1.28. The Hall–Kier alpha value is 0.170. The molecule has 1 unspecified atom stereocenters.